The fourth-order valence-electron chi connectivity index (χ4n) is 4.59. The van der Waals surface area contributed by atoms with Crippen molar-refractivity contribution in [2.45, 2.75) is 63.3 Å². The van der Waals surface area contributed by atoms with Gasteiger partial charge in [-0.05, 0) is 50.3 Å². The lowest BCUT2D eigenvalue weighted by Gasteiger charge is -2.52. The smallest absolute Gasteiger partial charge is 0.144 e. The van der Waals surface area contributed by atoms with E-state index in [0.717, 1.165) is 19.4 Å². The van der Waals surface area contributed by atoms with Gasteiger partial charge in [0.25, 0.3) is 0 Å². The number of piperidine rings is 2. The third-order valence-corrected chi connectivity index (χ3v) is 5.87. The SMILES string of the molecule is Cc1nc(C2(O)CC3CCCC(C2)N3Cc2ccccc2)ccc1F. The molecule has 1 aromatic heterocycles. The minimum absolute atomic E-state index is 0.311. The molecule has 3 nitrogen and oxygen atoms in total. The van der Waals surface area contributed by atoms with E-state index in [9.17, 15) is 9.50 Å². The standard InChI is InChI=1S/C21H25FN2O/c1-15-19(22)10-11-20(23-15)21(25)12-17-8-5-9-18(13-21)24(17)14-16-6-3-2-4-7-16/h2-4,6-7,10-11,17-18,25H,5,8-9,12-14H2,1H3. The van der Waals surface area contributed by atoms with Crippen molar-refractivity contribution in [1.82, 2.24) is 9.88 Å². The van der Waals surface area contributed by atoms with E-state index < -0.39 is 5.60 Å². The predicted octanol–water partition coefficient (Wildman–Crippen LogP) is 3.93. The first-order valence-corrected chi connectivity index (χ1v) is 9.21. The zero-order valence-electron chi connectivity index (χ0n) is 14.7. The Balaban J connectivity index is 1.59. The number of fused-ring (bicyclic) bond motifs is 2. The van der Waals surface area contributed by atoms with E-state index in [0.29, 0.717) is 36.3 Å². The second-order valence-corrected chi connectivity index (χ2v) is 7.60. The van der Waals surface area contributed by atoms with Crippen molar-refractivity contribution >= 4 is 0 Å². The van der Waals surface area contributed by atoms with Gasteiger partial charge in [0.2, 0.25) is 0 Å². The monoisotopic (exact) mass is 340 g/mol. The summed E-state index contributed by atoms with van der Waals surface area (Å²) in [4.78, 5) is 6.92. The zero-order valence-corrected chi connectivity index (χ0v) is 14.7. The average molecular weight is 340 g/mol. The molecular formula is C21H25FN2O. The Hall–Kier alpha value is -1.78. The normalized spacial score (nSPS) is 29.6. The second kappa shape index (κ2) is 6.50. The minimum atomic E-state index is -0.943. The molecule has 2 aliphatic rings. The maximum Gasteiger partial charge on any atom is 0.144 e. The average Bonchev–Trinajstić information content (AvgIpc) is 2.59. The zero-order chi connectivity index (χ0) is 17.4. The second-order valence-electron chi connectivity index (χ2n) is 7.60. The van der Waals surface area contributed by atoms with Crippen molar-refractivity contribution in [3.05, 3.63) is 65.2 Å². The van der Waals surface area contributed by atoms with Crippen LogP contribution in [0.1, 0.15) is 49.1 Å². The van der Waals surface area contributed by atoms with E-state index in [2.05, 4.69) is 34.1 Å². The van der Waals surface area contributed by atoms with Crippen LogP contribution in [0.3, 0.4) is 0 Å². The van der Waals surface area contributed by atoms with Gasteiger partial charge < -0.3 is 5.11 Å². The summed E-state index contributed by atoms with van der Waals surface area (Å²) in [5.41, 5.74) is 1.37. The molecule has 3 heterocycles. The van der Waals surface area contributed by atoms with Gasteiger partial charge in [0, 0.05) is 18.6 Å². The molecule has 0 spiro atoms. The van der Waals surface area contributed by atoms with E-state index in [-0.39, 0.29) is 5.82 Å². The molecule has 2 fully saturated rings. The van der Waals surface area contributed by atoms with E-state index in [1.807, 2.05) is 6.07 Å². The van der Waals surface area contributed by atoms with Crippen molar-refractivity contribution in [3.63, 3.8) is 0 Å². The summed E-state index contributed by atoms with van der Waals surface area (Å²) >= 11 is 0. The van der Waals surface area contributed by atoms with Crippen molar-refractivity contribution in [1.29, 1.82) is 0 Å². The Morgan fingerprint density at radius 2 is 1.80 bits per heavy atom. The van der Waals surface area contributed by atoms with Crippen LogP contribution in [0.2, 0.25) is 0 Å². The molecule has 1 aromatic carbocycles. The van der Waals surface area contributed by atoms with Crippen LogP contribution in [-0.2, 0) is 12.1 Å². The highest BCUT2D eigenvalue weighted by molar-refractivity contribution is 5.21. The van der Waals surface area contributed by atoms with Gasteiger partial charge in [-0.2, -0.15) is 0 Å². The summed E-state index contributed by atoms with van der Waals surface area (Å²) in [6.45, 7) is 2.59. The predicted molar refractivity (Wildman–Crippen MR) is 95.5 cm³/mol. The number of aliphatic hydroxyl groups is 1. The number of aromatic nitrogens is 1. The van der Waals surface area contributed by atoms with Crippen molar-refractivity contribution in [2.24, 2.45) is 0 Å². The highest BCUT2D eigenvalue weighted by Crippen LogP contribution is 2.44. The van der Waals surface area contributed by atoms with Crippen LogP contribution < -0.4 is 0 Å². The molecular weight excluding hydrogens is 315 g/mol. The molecule has 0 saturated carbocycles. The van der Waals surface area contributed by atoms with Gasteiger partial charge in [-0.25, -0.2) is 4.39 Å². The van der Waals surface area contributed by atoms with Gasteiger partial charge in [-0.1, -0.05) is 36.8 Å². The molecule has 132 valence electrons. The van der Waals surface area contributed by atoms with Crippen LogP contribution in [0.15, 0.2) is 42.5 Å². The first-order chi connectivity index (χ1) is 12.0. The van der Waals surface area contributed by atoms with Crippen LogP contribution in [-0.4, -0.2) is 27.1 Å². The van der Waals surface area contributed by atoms with Gasteiger partial charge in [0.05, 0.1) is 11.4 Å². The number of nitrogens with zero attached hydrogens (tertiary/aromatic N) is 2. The van der Waals surface area contributed by atoms with E-state index in [4.69, 9.17) is 0 Å². The maximum atomic E-state index is 13.6. The van der Waals surface area contributed by atoms with Gasteiger partial charge in [-0.3, -0.25) is 9.88 Å². The van der Waals surface area contributed by atoms with Crippen LogP contribution in [0.4, 0.5) is 4.39 Å². The Labute approximate surface area is 148 Å². The number of hydrogen-bond acceptors (Lipinski definition) is 3. The highest BCUT2D eigenvalue weighted by atomic mass is 19.1. The molecule has 2 aromatic rings. The summed E-state index contributed by atoms with van der Waals surface area (Å²) in [5.74, 6) is -0.311. The first kappa shape index (κ1) is 16.7. The van der Waals surface area contributed by atoms with Gasteiger partial charge in [0.15, 0.2) is 0 Å². The Bertz CT molecular complexity index is 735. The summed E-state index contributed by atoms with van der Waals surface area (Å²) in [5, 5.41) is 11.3. The first-order valence-electron chi connectivity index (χ1n) is 9.21. The number of aryl methyl sites for hydroxylation is 1. The molecule has 1 N–H and O–H groups in total. The fourth-order valence-corrected chi connectivity index (χ4v) is 4.59. The van der Waals surface area contributed by atoms with Gasteiger partial charge >= 0.3 is 0 Å². The Morgan fingerprint density at radius 3 is 2.44 bits per heavy atom. The Kier molecular flexibility index (Phi) is 4.34. The molecule has 0 amide bonds. The largest absolute Gasteiger partial charge is 0.383 e. The summed E-state index contributed by atoms with van der Waals surface area (Å²) in [6.07, 6.45) is 4.77. The topological polar surface area (TPSA) is 36.4 Å². The summed E-state index contributed by atoms with van der Waals surface area (Å²) in [6, 6.07) is 14.3. The number of hydrogen-bond donors (Lipinski definition) is 1. The van der Waals surface area contributed by atoms with E-state index in [1.165, 1.54) is 18.1 Å². The minimum Gasteiger partial charge on any atom is -0.383 e. The van der Waals surface area contributed by atoms with E-state index >= 15 is 0 Å². The maximum absolute atomic E-state index is 13.6. The molecule has 2 bridgehead atoms. The highest BCUT2D eigenvalue weighted by Gasteiger charge is 2.47. The van der Waals surface area contributed by atoms with Crippen LogP contribution in [0.25, 0.3) is 0 Å². The van der Waals surface area contributed by atoms with Crippen molar-refractivity contribution in [3.8, 4) is 0 Å². The Morgan fingerprint density at radius 1 is 1.12 bits per heavy atom. The quantitative estimate of drug-likeness (QED) is 0.919. The third-order valence-electron chi connectivity index (χ3n) is 5.87. The third kappa shape index (κ3) is 3.21. The summed E-state index contributed by atoms with van der Waals surface area (Å²) < 4.78 is 13.6. The molecule has 2 saturated heterocycles. The van der Waals surface area contributed by atoms with Gasteiger partial charge in [-0.15, -0.1) is 0 Å². The van der Waals surface area contributed by atoms with Crippen molar-refractivity contribution in [2.75, 3.05) is 0 Å². The summed E-state index contributed by atoms with van der Waals surface area (Å²) in [7, 11) is 0. The molecule has 2 atom stereocenters. The van der Waals surface area contributed by atoms with Crippen LogP contribution in [0, 0.1) is 12.7 Å². The fraction of sp³-hybridized carbons (Fsp3) is 0.476. The number of halogens is 1. The lowest BCUT2D eigenvalue weighted by atomic mass is 9.73. The molecule has 0 radical (unpaired) electrons. The number of benzene rings is 1. The molecule has 25 heavy (non-hydrogen) atoms. The number of pyridine rings is 1. The van der Waals surface area contributed by atoms with Crippen molar-refractivity contribution < 1.29 is 9.50 Å². The molecule has 4 heteroatoms. The molecule has 2 unspecified atom stereocenters. The van der Waals surface area contributed by atoms with Gasteiger partial charge in [0.1, 0.15) is 11.4 Å². The number of rotatable bonds is 3. The van der Waals surface area contributed by atoms with Crippen LogP contribution in [0.5, 0.6) is 0 Å². The molecule has 0 aliphatic carbocycles. The van der Waals surface area contributed by atoms with Crippen LogP contribution >= 0.6 is 0 Å². The molecule has 4 rings (SSSR count). The van der Waals surface area contributed by atoms with E-state index in [1.54, 1.807) is 13.0 Å². The lowest BCUT2D eigenvalue weighted by Crippen LogP contribution is -2.56. The lowest BCUT2D eigenvalue weighted by molar-refractivity contribution is -0.102. The molecule has 2 aliphatic heterocycles.